The third kappa shape index (κ3) is 3.68. The molecule has 5 rings (SSSR count). The van der Waals surface area contributed by atoms with E-state index in [2.05, 4.69) is 4.90 Å². The first kappa shape index (κ1) is 19.5. The normalized spacial score (nSPS) is 17.5. The van der Waals surface area contributed by atoms with Crippen molar-refractivity contribution in [2.45, 2.75) is 25.7 Å². The summed E-state index contributed by atoms with van der Waals surface area (Å²) >= 11 is 0. The predicted molar refractivity (Wildman–Crippen MR) is 115 cm³/mol. The van der Waals surface area contributed by atoms with Crippen molar-refractivity contribution in [2.24, 2.45) is 0 Å². The summed E-state index contributed by atoms with van der Waals surface area (Å²) in [5, 5.41) is 4.89. The fourth-order valence-corrected chi connectivity index (χ4v) is 4.77. The molecule has 7 heteroatoms. The zero-order valence-corrected chi connectivity index (χ0v) is 17.5. The number of anilines is 1. The van der Waals surface area contributed by atoms with E-state index in [4.69, 9.17) is 14.8 Å². The molecule has 1 N–H and O–H groups in total. The number of fused-ring (bicyclic) bond motifs is 2. The van der Waals surface area contributed by atoms with Gasteiger partial charge in [-0.15, -0.1) is 0 Å². The Morgan fingerprint density at radius 3 is 2.77 bits per heavy atom. The lowest BCUT2D eigenvalue weighted by Crippen LogP contribution is -3.15. The lowest BCUT2D eigenvalue weighted by molar-refractivity contribution is -0.900. The second-order valence-corrected chi connectivity index (χ2v) is 8.36. The monoisotopic (exact) mass is 410 g/mol. The van der Waals surface area contributed by atoms with Crippen LogP contribution in [-0.2, 0) is 17.6 Å². The molecule has 1 aromatic carbocycles. The molecule has 3 heterocycles. The Morgan fingerprint density at radius 1 is 1.13 bits per heavy atom. The lowest BCUT2D eigenvalue weighted by atomic mass is 9.96. The second-order valence-electron chi connectivity index (χ2n) is 8.36. The largest absolute Gasteiger partial charge is 0.379 e. The van der Waals surface area contributed by atoms with Crippen LogP contribution < -0.4 is 9.80 Å². The topological polar surface area (TPSA) is 47.1 Å². The van der Waals surface area contributed by atoms with Crippen molar-refractivity contribution in [3.05, 3.63) is 47.4 Å². The van der Waals surface area contributed by atoms with Crippen LogP contribution >= 0.6 is 0 Å². The zero-order chi connectivity index (χ0) is 20.5. The van der Waals surface area contributed by atoms with Crippen molar-refractivity contribution in [1.82, 2.24) is 14.6 Å². The minimum Gasteiger partial charge on any atom is -0.379 e. The number of piperazine rings is 1. The van der Waals surface area contributed by atoms with E-state index < -0.39 is 0 Å². The van der Waals surface area contributed by atoms with Gasteiger partial charge in [0.1, 0.15) is 18.2 Å². The molecule has 2 aromatic heterocycles. The number of hydrogen-bond donors (Lipinski definition) is 1. The molecule has 158 valence electrons. The first-order valence-corrected chi connectivity index (χ1v) is 11.0. The molecule has 0 unspecified atom stereocenters. The Labute approximate surface area is 176 Å². The number of hydrogen-bond acceptors (Lipinski definition) is 4. The van der Waals surface area contributed by atoms with E-state index in [0.717, 1.165) is 69.1 Å². The van der Waals surface area contributed by atoms with Gasteiger partial charge in [-0.3, -0.25) is 0 Å². The number of benzene rings is 1. The van der Waals surface area contributed by atoms with E-state index in [1.54, 1.807) is 24.1 Å². The Kier molecular flexibility index (Phi) is 5.39. The number of halogens is 1. The summed E-state index contributed by atoms with van der Waals surface area (Å²) in [6, 6.07) is 8.64. The van der Waals surface area contributed by atoms with Gasteiger partial charge in [-0.1, -0.05) is 12.1 Å². The van der Waals surface area contributed by atoms with Gasteiger partial charge >= 0.3 is 0 Å². The van der Waals surface area contributed by atoms with Gasteiger partial charge in [0.15, 0.2) is 5.65 Å². The molecule has 1 saturated heterocycles. The van der Waals surface area contributed by atoms with Crippen LogP contribution in [0.1, 0.15) is 24.1 Å². The van der Waals surface area contributed by atoms with Crippen molar-refractivity contribution < 1.29 is 14.0 Å². The van der Waals surface area contributed by atoms with Crippen LogP contribution in [0.25, 0.3) is 16.9 Å². The zero-order valence-electron chi connectivity index (χ0n) is 17.5. The predicted octanol–water partition coefficient (Wildman–Crippen LogP) is 1.77. The molecule has 2 aliphatic rings. The van der Waals surface area contributed by atoms with Crippen LogP contribution in [0.3, 0.4) is 0 Å². The third-order valence-corrected chi connectivity index (χ3v) is 6.40. The highest BCUT2D eigenvalue weighted by Gasteiger charge is 2.27. The van der Waals surface area contributed by atoms with E-state index in [9.17, 15) is 4.39 Å². The fourth-order valence-electron chi connectivity index (χ4n) is 4.77. The number of ether oxygens (including phenoxy) is 1. The highest BCUT2D eigenvalue weighted by Crippen LogP contribution is 2.32. The molecule has 1 fully saturated rings. The molecular formula is C23H29FN5O+. The van der Waals surface area contributed by atoms with Crippen LogP contribution in [0, 0.1) is 5.82 Å². The Bertz CT molecular complexity index is 1040. The van der Waals surface area contributed by atoms with Gasteiger partial charge in [0.05, 0.1) is 38.5 Å². The number of rotatable bonds is 5. The summed E-state index contributed by atoms with van der Waals surface area (Å²) in [4.78, 5) is 9.03. The lowest BCUT2D eigenvalue weighted by Gasteiger charge is -2.35. The van der Waals surface area contributed by atoms with E-state index in [1.165, 1.54) is 36.0 Å². The molecule has 1 aliphatic carbocycles. The first-order chi connectivity index (χ1) is 14.7. The van der Waals surface area contributed by atoms with E-state index in [-0.39, 0.29) is 5.82 Å². The summed E-state index contributed by atoms with van der Waals surface area (Å²) in [6.07, 6.45) is 4.47. The van der Waals surface area contributed by atoms with Gasteiger partial charge in [-0.25, -0.2) is 9.37 Å². The van der Waals surface area contributed by atoms with Crippen LogP contribution in [0.4, 0.5) is 10.2 Å². The minimum atomic E-state index is -0.243. The van der Waals surface area contributed by atoms with Gasteiger partial charge in [-0.2, -0.15) is 9.61 Å². The third-order valence-electron chi connectivity index (χ3n) is 6.40. The molecule has 1 aliphatic heterocycles. The molecule has 0 atom stereocenters. The molecular weight excluding hydrogens is 381 g/mol. The summed E-state index contributed by atoms with van der Waals surface area (Å²) in [6.45, 7) is 6.06. The Balaban J connectivity index is 1.54. The van der Waals surface area contributed by atoms with Gasteiger partial charge in [0.2, 0.25) is 0 Å². The smallest absolute Gasteiger partial charge is 0.158 e. The number of quaternary nitrogens is 1. The van der Waals surface area contributed by atoms with Gasteiger partial charge in [0.25, 0.3) is 0 Å². The van der Waals surface area contributed by atoms with Gasteiger partial charge < -0.3 is 14.5 Å². The number of aromatic nitrogens is 3. The van der Waals surface area contributed by atoms with E-state index >= 15 is 0 Å². The molecule has 6 nitrogen and oxygen atoms in total. The van der Waals surface area contributed by atoms with E-state index in [0.29, 0.717) is 0 Å². The van der Waals surface area contributed by atoms with Crippen molar-refractivity contribution in [2.75, 3.05) is 51.3 Å². The van der Waals surface area contributed by atoms with Crippen molar-refractivity contribution in [3.63, 3.8) is 0 Å². The average Bonchev–Trinajstić information content (AvgIpc) is 3.20. The van der Waals surface area contributed by atoms with Crippen molar-refractivity contribution in [1.29, 1.82) is 0 Å². The average molecular weight is 411 g/mol. The van der Waals surface area contributed by atoms with Crippen LogP contribution in [-0.4, -0.2) is 61.0 Å². The van der Waals surface area contributed by atoms with Crippen molar-refractivity contribution >= 4 is 11.5 Å². The molecule has 30 heavy (non-hydrogen) atoms. The number of nitrogens with zero attached hydrogens (tertiary/aromatic N) is 4. The quantitative estimate of drug-likeness (QED) is 0.697. The maximum atomic E-state index is 13.8. The Morgan fingerprint density at radius 2 is 1.97 bits per heavy atom. The van der Waals surface area contributed by atoms with Crippen LogP contribution in [0.15, 0.2) is 30.3 Å². The maximum Gasteiger partial charge on any atom is 0.158 e. The number of methoxy groups -OCH3 is 1. The number of aryl methyl sites for hydroxylation is 1. The van der Waals surface area contributed by atoms with Crippen LogP contribution in [0.5, 0.6) is 0 Å². The first-order valence-electron chi connectivity index (χ1n) is 11.0. The SMILES string of the molecule is COCC[NH+]1CCN(c2c3c(nc4cc(-c5cccc(F)c5)nn24)CCCC3)CC1. The number of nitrogens with one attached hydrogen (secondary N) is 1. The summed E-state index contributed by atoms with van der Waals surface area (Å²) in [5.74, 6) is 0.954. The second kappa shape index (κ2) is 8.32. The standard InChI is InChI=1S/C23H28FN5O/c1-30-14-13-27-9-11-28(12-10-27)23-19-7-2-3-8-20(19)25-22-16-21(26-29(22)23)17-5-4-6-18(24)15-17/h4-6,15-16H,2-3,7-14H2,1H3/p+1. The maximum absolute atomic E-state index is 13.8. The van der Waals surface area contributed by atoms with E-state index in [1.807, 2.05) is 16.6 Å². The van der Waals surface area contributed by atoms with Crippen LogP contribution in [0.2, 0.25) is 0 Å². The van der Waals surface area contributed by atoms with Crippen molar-refractivity contribution in [3.8, 4) is 11.3 Å². The highest BCUT2D eigenvalue weighted by molar-refractivity contribution is 5.67. The Hall–Kier alpha value is -2.51. The fraction of sp³-hybridized carbons (Fsp3) is 0.478. The van der Waals surface area contributed by atoms with Gasteiger partial charge in [0, 0.05) is 30.0 Å². The molecule has 0 amide bonds. The van der Waals surface area contributed by atoms with Gasteiger partial charge in [-0.05, 0) is 37.8 Å². The molecule has 0 spiro atoms. The summed E-state index contributed by atoms with van der Waals surface area (Å²) in [7, 11) is 1.77. The summed E-state index contributed by atoms with van der Waals surface area (Å²) in [5.41, 5.74) is 4.99. The minimum absolute atomic E-state index is 0.243. The highest BCUT2D eigenvalue weighted by atomic mass is 19.1. The molecule has 0 saturated carbocycles. The molecule has 0 radical (unpaired) electrons. The molecule has 0 bridgehead atoms. The molecule has 3 aromatic rings. The summed E-state index contributed by atoms with van der Waals surface area (Å²) < 4.78 is 21.0.